The zero-order valence-corrected chi connectivity index (χ0v) is 18.1. The van der Waals surface area contributed by atoms with Crippen LogP contribution in [0.25, 0.3) is 10.8 Å². The summed E-state index contributed by atoms with van der Waals surface area (Å²) >= 11 is 0. The second-order valence-corrected chi connectivity index (χ2v) is 7.47. The summed E-state index contributed by atoms with van der Waals surface area (Å²) in [4.78, 5) is 35.9. The van der Waals surface area contributed by atoms with Gasteiger partial charge in [-0.1, -0.05) is 54.1 Å². The lowest BCUT2D eigenvalue weighted by Gasteiger charge is -2.08. The van der Waals surface area contributed by atoms with Gasteiger partial charge in [-0.2, -0.15) is 5.10 Å². The zero-order chi connectivity index (χ0) is 24.1. The molecule has 0 radical (unpaired) electrons. The summed E-state index contributed by atoms with van der Waals surface area (Å²) in [6, 6.07) is 23.5. The fourth-order valence-electron chi connectivity index (χ4n) is 3.34. The first-order valence-corrected chi connectivity index (χ1v) is 10.3. The van der Waals surface area contributed by atoms with Gasteiger partial charge in [0.1, 0.15) is 0 Å². The molecule has 0 heterocycles. The van der Waals surface area contributed by atoms with E-state index in [1.807, 2.05) is 25.1 Å². The van der Waals surface area contributed by atoms with Gasteiger partial charge in [0.15, 0.2) is 0 Å². The molecule has 0 aliphatic carbocycles. The van der Waals surface area contributed by atoms with Crippen LogP contribution in [-0.4, -0.2) is 23.0 Å². The third-order valence-electron chi connectivity index (χ3n) is 5.09. The van der Waals surface area contributed by atoms with Gasteiger partial charge in [-0.3, -0.25) is 14.9 Å². The number of esters is 1. The van der Waals surface area contributed by atoms with Crippen molar-refractivity contribution in [1.82, 2.24) is 5.43 Å². The first-order chi connectivity index (χ1) is 16.4. The number of nitrogens with zero attached hydrogens (tertiary/aromatic N) is 2. The van der Waals surface area contributed by atoms with Crippen LogP contribution in [0.15, 0.2) is 90.0 Å². The lowest BCUT2D eigenvalue weighted by Crippen LogP contribution is -2.17. The van der Waals surface area contributed by atoms with Crippen LogP contribution in [0.3, 0.4) is 0 Å². The lowest BCUT2D eigenvalue weighted by atomic mass is 10.0. The van der Waals surface area contributed by atoms with E-state index in [0.717, 1.165) is 10.9 Å². The number of aryl methyl sites for hydroxylation is 1. The minimum Gasteiger partial charge on any atom is -0.416 e. The molecule has 0 atom stereocenters. The molecule has 0 spiro atoms. The van der Waals surface area contributed by atoms with E-state index < -0.39 is 22.5 Å². The highest BCUT2D eigenvalue weighted by atomic mass is 16.6. The van der Waals surface area contributed by atoms with E-state index in [4.69, 9.17) is 4.74 Å². The molecule has 0 bridgehead atoms. The number of amides is 1. The van der Waals surface area contributed by atoms with Crippen LogP contribution in [-0.2, 0) is 0 Å². The van der Waals surface area contributed by atoms with Crippen molar-refractivity contribution in [3.05, 3.63) is 117 Å². The normalized spacial score (nSPS) is 10.9. The second-order valence-electron chi connectivity index (χ2n) is 7.47. The Hall–Kier alpha value is -4.85. The minimum absolute atomic E-state index is 0.191. The number of hydrogen-bond donors (Lipinski definition) is 1. The maximum atomic E-state index is 12.8. The Bertz CT molecular complexity index is 1420. The Morgan fingerprint density at radius 2 is 1.71 bits per heavy atom. The Balaban J connectivity index is 1.51. The van der Waals surface area contributed by atoms with Crippen molar-refractivity contribution in [2.24, 2.45) is 5.10 Å². The Kier molecular flexibility index (Phi) is 6.40. The Morgan fingerprint density at radius 1 is 0.971 bits per heavy atom. The van der Waals surface area contributed by atoms with Crippen LogP contribution in [0.1, 0.15) is 31.8 Å². The number of fused-ring (bicyclic) bond motifs is 1. The standard InChI is InChI=1S/C26H19N3O5/c1-17-9-12-20(13-10-17)25(30)28-27-16-18-11-14-24(23(15-18)29(32)33)34-26(31)22-8-4-6-19-5-2-3-7-21(19)22/h2-16H,1H3,(H,28,30). The zero-order valence-electron chi connectivity index (χ0n) is 18.1. The number of nitro benzene ring substituents is 1. The molecule has 0 fully saturated rings. The Morgan fingerprint density at radius 3 is 2.47 bits per heavy atom. The van der Waals surface area contributed by atoms with Gasteiger partial charge < -0.3 is 4.74 Å². The summed E-state index contributed by atoms with van der Waals surface area (Å²) in [6.07, 6.45) is 1.27. The molecule has 168 valence electrons. The van der Waals surface area contributed by atoms with Crippen molar-refractivity contribution in [2.75, 3.05) is 0 Å². The number of nitrogens with one attached hydrogen (secondary N) is 1. The summed E-state index contributed by atoms with van der Waals surface area (Å²) in [5.74, 6) is -1.30. The number of rotatable bonds is 6. The van der Waals surface area contributed by atoms with E-state index >= 15 is 0 Å². The predicted octanol–water partition coefficient (Wildman–Crippen LogP) is 5.04. The van der Waals surface area contributed by atoms with Gasteiger partial charge in [0.05, 0.1) is 16.7 Å². The van der Waals surface area contributed by atoms with E-state index in [1.165, 1.54) is 24.4 Å². The SMILES string of the molecule is Cc1ccc(C(=O)NN=Cc2ccc(OC(=O)c3cccc4ccccc34)c([N+](=O)[O-])c2)cc1. The molecule has 0 unspecified atom stereocenters. The average molecular weight is 453 g/mol. The molecule has 1 amide bonds. The number of carbonyl (C=O) groups excluding carboxylic acids is 2. The highest BCUT2D eigenvalue weighted by molar-refractivity contribution is 6.05. The number of benzene rings is 4. The summed E-state index contributed by atoms with van der Waals surface area (Å²) in [6.45, 7) is 1.91. The van der Waals surface area contributed by atoms with Crippen molar-refractivity contribution in [3.63, 3.8) is 0 Å². The van der Waals surface area contributed by atoms with Gasteiger partial charge in [0.2, 0.25) is 5.75 Å². The van der Waals surface area contributed by atoms with Gasteiger partial charge in [-0.15, -0.1) is 0 Å². The van der Waals surface area contributed by atoms with Crippen molar-refractivity contribution >= 4 is 34.6 Å². The quantitative estimate of drug-likeness (QED) is 0.145. The maximum absolute atomic E-state index is 12.8. The van der Waals surface area contributed by atoms with Crippen molar-refractivity contribution < 1.29 is 19.2 Å². The van der Waals surface area contributed by atoms with Gasteiger partial charge in [-0.25, -0.2) is 10.2 Å². The first kappa shape index (κ1) is 22.3. The minimum atomic E-state index is -0.702. The fourth-order valence-corrected chi connectivity index (χ4v) is 3.34. The number of hydrazone groups is 1. The van der Waals surface area contributed by atoms with Crippen molar-refractivity contribution in [3.8, 4) is 5.75 Å². The molecule has 0 aromatic heterocycles. The van der Waals surface area contributed by atoms with Gasteiger partial charge >= 0.3 is 11.7 Å². The van der Waals surface area contributed by atoms with Crippen molar-refractivity contribution in [1.29, 1.82) is 0 Å². The smallest absolute Gasteiger partial charge is 0.344 e. The number of carbonyl (C=O) groups is 2. The molecule has 4 rings (SSSR count). The predicted molar refractivity (Wildman–Crippen MR) is 128 cm³/mol. The molecule has 0 aliphatic rings. The largest absolute Gasteiger partial charge is 0.416 e. The van der Waals surface area contributed by atoms with Crippen LogP contribution >= 0.6 is 0 Å². The summed E-state index contributed by atoms with van der Waals surface area (Å²) in [5.41, 5.74) is 4.08. The molecule has 8 nitrogen and oxygen atoms in total. The summed E-state index contributed by atoms with van der Waals surface area (Å²) in [5, 5.41) is 17.0. The summed E-state index contributed by atoms with van der Waals surface area (Å²) < 4.78 is 5.37. The number of nitro groups is 1. The number of hydrogen-bond acceptors (Lipinski definition) is 6. The van der Waals surface area contributed by atoms with Gasteiger partial charge in [0, 0.05) is 17.2 Å². The van der Waals surface area contributed by atoms with Crippen LogP contribution in [0.2, 0.25) is 0 Å². The van der Waals surface area contributed by atoms with Crippen LogP contribution in [0, 0.1) is 17.0 Å². The van der Waals surface area contributed by atoms with E-state index in [1.54, 1.807) is 48.5 Å². The molecule has 0 saturated carbocycles. The number of ether oxygens (including phenoxy) is 1. The van der Waals surface area contributed by atoms with E-state index in [0.29, 0.717) is 22.1 Å². The molecule has 1 N–H and O–H groups in total. The van der Waals surface area contributed by atoms with E-state index in [-0.39, 0.29) is 5.75 Å². The topological polar surface area (TPSA) is 111 Å². The third kappa shape index (κ3) is 4.97. The Labute approximate surface area is 194 Å². The molecule has 8 heteroatoms. The average Bonchev–Trinajstić information content (AvgIpc) is 2.84. The van der Waals surface area contributed by atoms with Crippen LogP contribution in [0.4, 0.5) is 5.69 Å². The second kappa shape index (κ2) is 9.74. The molecule has 34 heavy (non-hydrogen) atoms. The van der Waals surface area contributed by atoms with Gasteiger partial charge in [-0.05, 0) is 48.0 Å². The van der Waals surface area contributed by atoms with Crippen molar-refractivity contribution in [2.45, 2.75) is 6.92 Å². The van der Waals surface area contributed by atoms with E-state index in [9.17, 15) is 19.7 Å². The highest BCUT2D eigenvalue weighted by Crippen LogP contribution is 2.29. The summed E-state index contributed by atoms with van der Waals surface area (Å²) in [7, 11) is 0. The lowest BCUT2D eigenvalue weighted by molar-refractivity contribution is -0.385. The monoisotopic (exact) mass is 453 g/mol. The third-order valence-corrected chi connectivity index (χ3v) is 5.09. The highest BCUT2D eigenvalue weighted by Gasteiger charge is 2.20. The molecule has 4 aromatic carbocycles. The van der Waals surface area contributed by atoms with Crippen LogP contribution in [0.5, 0.6) is 5.75 Å². The maximum Gasteiger partial charge on any atom is 0.344 e. The van der Waals surface area contributed by atoms with Crippen LogP contribution < -0.4 is 10.2 Å². The fraction of sp³-hybridized carbons (Fsp3) is 0.0385. The molecule has 4 aromatic rings. The molecular formula is C26H19N3O5. The molecule has 0 aliphatic heterocycles. The van der Waals surface area contributed by atoms with Gasteiger partial charge in [0.25, 0.3) is 5.91 Å². The van der Waals surface area contributed by atoms with E-state index in [2.05, 4.69) is 10.5 Å². The molecular weight excluding hydrogens is 434 g/mol. The molecule has 0 saturated heterocycles. The first-order valence-electron chi connectivity index (χ1n) is 10.3.